The van der Waals surface area contributed by atoms with Gasteiger partial charge in [-0.05, 0) is 86.5 Å². The summed E-state index contributed by atoms with van der Waals surface area (Å²) in [6.45, 7) is 20.8. The fourth-order valence-electron chi connectivity index (χ4n) is 6.92. The summed E-state index contributed by atoms with van der Waals surface area (Å²) in [4.78, 5) is 0. The molecule has 7 rings (SSSR count). The van der Waals surface area contributed by atoms with Crippen LogP contribution in [-0.4, -0.2) is 4.57 Å². The largest absolute Gasteiger partial charge is 0.456 e. The first-order valence-electron chi connectivity index (χ1n) is 15.9. The van der Waals surface area contributed by atoms with Gasteiger partial charge in [0, 0.05) is 21.5 Å². The van der Waals surface area contributed by atoms with Crippen LogP contribution in [0.2, 0.25) is 0 Å². The lowest BCUT2D eigenvalue weighted by atomic mass is 9.82. The van der Waals surface area contributed by atoms with Gasteiger partial charge in [0.2, 0.25) is 0 Å². The van der Waals surface area contributed by atoms with Crippen molar-refractivity contribution in [2.24, 2.45) is 0 Å². The molecule has 0 aliphatic heterocycles. The molecule has 0 aliphatic carbocycles. The van der Waals surface area contributed by atoms with E-state index in [4.69, 9.17) is 4.42 Å². The fraction of sp³-hybridized carbons (Fsp3) is 0.286. The molecule has 44 heavy (non-hydrogen) atoms. The average Bonchev–Trinajstić information content (AvgIpc) is 3.50. The van der Waals surface area contributed by atoms with Gasteiger partial charge in [0.05, 0.1) is 16.7 Å². The fourth-order valence-corrected chi connectivity index (χ4v) is 6.92. The summed E-state index contributed by atoms with van der Waals surface area (Å²) < 4.78 is 9.10. The number of hydrogen-bond acceptors (Lipinski definition) is 1. The number of benzene rings is 5. The molecule has 222 valence electrons. The number of furan rings is 1. The Kier molecular flexibility index (Phi) is 6.21. The summed E-state index contributed by atoms with van der Waals surface area (Å²) in [5.74, 6) is 0. The number of aromatic nitrogens is 1. The van der Waals surface area contributed by atoms with Crippen LogP contribution in [0.25, 0.3) is 60.6 Å². The molecule has 0 bridgehead atoms. The van der Waals surface area contributed by atoms with E-state index in [1.807, 2.05) is 0 Å². The summed E-state index contributed by atoms with van der Waals surface area (Å²) in [6, 6.07) is 35.8. The molecule has 0 unspecified atom stereocenters. The minimum absolute atomic E-state index is 0.0588. The van der Waals surface area contributed by atoms with Crippen molar-refractivity contribution in [1.82, 2.24) is 4.57 Å². The van der Waals surface area contributed by atoms with Crippen LogP contribution < -0.4 is 0 Å². The Hall–Kier alpha value is -4.30. The third kappa shape index (κ3) is 4.46. The van der Waals surface area contributed by atoms with Gasteiger partial charge in [-0.25, -0.2) is 0 Å². The lowest BCUT2D eigenvalue weighted by Crippen LogP contribution is -2.16. The monoisotopic (exact) mass is 577 g/mol. The third-order valence-corrected chi connectivity index (χ3v) is 9.21. The van der Waals surface area contributed by atoms with Crippen molar-refractivity contribution in [3.63, 3.8) is 0 Å². The van der Waals surface area contributed by atoms with Gasteiger partial charge < -0.3 is 8.98 Å². The van der Waals surface area contributed by atoms with E-state index < -0.39 is 0 Å². The summed E-state index contributed by atoms with van der Waals surface area (Å²) in [5, 5.41) is 5.00. The van der Waals surface area contributed by atoms with Gasteiger partial charge in [-0.1, -0.05) is 117 Å². The van der Waals surface area contributed by atoms with E-state index in [-0.39, 0.29) is 16.2 Å². The van der Waals surface area contributed by atoms with E-state index in [0.29, 0.717) is 0 Å². The van der Waals surface area contributed by atoms with Crippen molar-refractivity contribution in [1.29, 1.82) is 0 Å². The number of hydrogen-bond donors (Lipinski definition) is 0. The summed E-state index contributed by atoms with van der Waals surface area (Å²) in [5.41, 5.74) is 11.9. The first-order valence-corrected chi connectivity index (χ1v) is 15.9. The second-order valence-electron chi connectivity index (χ2n) is 15.5. The zero-order valence-electron chi connectivity index (χ0n) is 27.6. The highest BCUT2D eigenvalue weighted by Crippen LogP contribution is 2.46. The Morgan fingerprint density at radius 1 is 0.500 bits per heavy atom. The van der Waals surface area contributed by atoms with Crippen LogP contribution in [0.4, 0.5) is 0 Å². The summed E-state index contributed by atoms with van der Waals surface area (Å²) in [7, 11) is 0. The molecule has 0 aliphatic rings. The van der Waals surface area contributed by atoms with Gasteiger partial charge >= 0.3 is 0 Å². The maximum atomic E-state index is 6.59. The predicted molar refractivity (Wildman–Crippen MR) is 190 cm³/mol. The highest BCUT2D eigenvalue weighted by molar-refractivity contribution is 6.16. The van der Waals surface area contributed by atoms with E-state index in [1.165, 1.54) is 66.1 Å². The molecule has 7 aromatic rings. The molecular weight excluding hydrogens is 534 g/mol. The van der Waals surface area contributed by atoms with E-state index in [9.17, 15) is 0 Å². The van der Waals surface area contributed by atoms with Crippen LogP contribution in [0.1, 0.15) is 79.0 Å². The molecule has 0 atom stereocenters. The third-order valence-electron chi connectivity index (χ3n) is 9.21. The van der Waals surface area contributed by atoms with Gasteiger partial charge in [-0.3, -0.25) is 0 Å². The number of rotatable bonds is 2. The van der Waals surface area contributed by atoms with Crippen LogP contribution in [-0.2, 0) is 16.2 Å². The quantitative estimate of drug-likeness (QED) is 0.200. The van der Waals surface area contributed by atoms with Gasteiger partial charge in [0.1, 0.15) is 11.2 Å². The Labute approximate surface area is 261 Å². The first kappa shape index (κ1) is 28.5. The summed E-state index contributed by atoms with van der Waals surface area (Å²) in [6.07, 6.45) is 0. The smallest absolute Gasteiger partial charge is 0.136 e. The minimum atomic E-state index is -0.158. The average molecular weight is 578 g/mol. The van der Waals surface area contributed by atoms with E-state index in [2.05, 4.69) is 164 Å². The van der Waals surface area contributed by atoms with Crippen LogP contribution in [0.5, 0.6) is 0 Å². The standard InChI is InChI=1S/C42H43NO/c1-40(2,3)27-18-20-32-30(24-27)31-25-28(41(4,5)6)19-21-33(31)43(32)34-22-23-36-38(39(34)42(7,8)9)37-29(16-13-17-35(37)44-36)26-14-11-10-12-15-26/h10-25H,1-9H3. The van der Waals surface area contributed by atoms with Gasteiger partial charge in [-0.2, -0.15) is 0 Å². The van der Waals surface area contributed by atoms with Crippen LogP contribution in [0.3, 0.4) is 0 Å². The molecule has 2 heteroatoms. The molecule has 2 nitrogen and oxygen atoms in total. The van der Waals surface area contributed by atoms with Crippen molar-refractivity contribution >= 4 is 43.7 Å². The molecule has 5 aromatic carbocycles. The van der Waals surface area contributed by atoms with Gasteiger partial charge in [-0.15, -0.1) is 0 Å². The Morgan fingerprint density at radius 3 is 1.61 bits per heavy atom. The molecular formula is C42H43NO. The van der Waals surface area contributed by atoms with Crippen molar-refractivity contribution in [3.8, 4) is 16.8 Å². The summed E-state index contributed by atoms with van der Waals surface area (Å²) >= 11 is 0. The lowest BCUT2D eigenvalue weighted by Gasteiger charge is -2.26. The van der Waals surface area contributed by atoms with Crippen molar-refractivity contribution in [2.75, 3.05) is 0 Å². The zero-order valence-corrected chi connectivity index (χ0v) is 27.6. The van der Waals surface area contributed by atoms with Crippen LogP contribution in [0, 0.1) is 0 Å². The molecule has 0 fully saturated rings. The van der Waals surface area contributed by atoms with E-state index in [1.54, 1.807) is 0 Å². The maximum Gasteiger partial charge on any atom is 0.136 e. The highest BCUT2D eigenvalue weighted by Gasteiger charge is 2.29. The van der Waals surface area contributed by atoms with Gasteiger partial charge in [0.25, 0.3) is 0 Å². The van der Waals surface area contributed by atoms with Crippen LogP contribution >= 0.6 is 0 Å². The maximum absolute atomic E-state index is 6.59. The molecule has 0 saturated heterocycles. The minimum Gasteiger partial charge on any atom is -0.456 e. The topological polar surface area (TPSA) is 18.1 Å². The van der Waals surface area contributed by atoms with E-state index in [0.717, 1.165) is 11.2 Å². The van der Waals surface area contributed by atoms with Crippen molar-refractivity contribution in [2.45, 2.75) is 78.6 Å². The highest BCUT2D eigenvalue weighted by atomic mass is 16.3. The molecule has 0 saturated carbocycles. The molecule has 2 aromatic heterocycles. The van der Waals surface area contributed by atoms with Crippen molar-refractivity contribution < 1.29 is 4.42 Å². The Morgan fingerprint density at radius 2 is 1.07 bits per heavy atom. The number of nitrogens with zero attached hydrogens (tertiary/aromatic N) is 1. The van der Waals surface area contributed by atoms with Crippen molar-refractivity contribution in [3.05, 3.63) is 114 Å². The molecule has 0 radical (unpaired) electrons. The molecule has 0 N–H and O–H groups in total. The van der Waals surface area contributed by atoms with Crippen LogP contribution in [0.15, 0.2) is 101 Å². The molecule has 0 spiro atoms. The normalized spacial score (nSPS) is 13.1. The number of fused-ring (bicyclic) bond motifs is 6. The predicted octanol–water partition coefficient (Wildman–Crippen LogP) is 12.2. The zero-order chi connectivity index (χ0) is 31.2. The lowest BCUT2D eigenvalue weighted by molar-refractivity contribution is 0.590. The SMILES string of the molecule is CC(C)(C)c1ccc2c(c1)c1cc(C(C)(C)C)ccc1n2-c1ccc2oc3cccc(-c4ccccc4)c3c2c1C(C)(C)C. The second-order valence-corrected chi connectivity index (χ2v) is 15.5. The Balaban J connectivity index is 1.65. The Bertz CT molecular complexity index is 2130. The van der Waals surface area contributed by atoms with Gasteiger partial charge in [0.15, 0.2) is 0 Å². The molecule has 0 amide bonds. The van der Waals surface area contributed by atoms with E-state index >= 15 is 0 Å². The first-order chi connectivity index (χ1) is 20.7. The molecule has 2 heterocycles. The second kappa shape index (κ2) is 9.60.